The van der Waals surface area contributed by atoms with Gasteiger partial charge >= 0.3 is 5.97 Å². The van der Waals surface area contributed by atoms with Gasteiger partial charge in [-0.05, 0) is 38.6 Å². The van der Waals surface area contributed by atoms with E-state index < -0.39 is 11.3 Å². The summed E-state index contributed by atoms with van der Waals surface area (Å²) in [6, 6.07) is 0. The van der Waals surface area contributed by atoms with Crippen molar-refractivity contribution in [2.45, 2.75) is 39.2 Å². The van der Waals surface area contributed by atoms with Crippen LogP contribution in [0.15, 0.2) is 5.38 Å². The van der Waals surface area contributed by atoms with E-state index in [1.165, 1.54) is 11.3 Å². The van der Waals surface area contributed by atoms with Gasteiger partial charge in [-0.15, -0.1) is 22.9 Å². The zero-order valence-corrected chi connectivity index (χ0v) is 12.3. The van der Waals surface area contributed by atoms with Crippen LogP contribution in [-0.4, -0.2) is 23.4 Å². The van der Waals surface area contributed by atoms with Crippen LogP contribution in [0.3, 0.4) is 0 Å². The van der Waals surface area contributed by atoms with Gasteiger partial charge in [0.05, 0.1) is 11.8 Å². The van der Waals surface area contributed by atoms with E-state index in [4.69, 9.17) is 16.3 Å². The standard InChI is InChI=1S/C12H16ClNO3S/c1-6(2)17-12(16)10-9(7(3)5-18-10)14-11(15)8(4)13/h5-6,8H,1-4H3,(H,14,15). The highest BCUT2D eigenvalue weighted by Crippen LogP contribution is 2.29. The molecule has 4 nitrogen and oxygen atoms in total. The van der Waals surface area contributed by atoms with Gasteiger partial charge in [0, 0.05) is 0 Å². The molecular formula is C12H16ClNO3S. The zero-order chi connectivity index (χ0) is 13.9. The van der Waals surface area contributed by atoms with Gasteiger partial charge in [0.1, 0.15) is 10.3 Å². The number of esters is 1. The predicted octanol–water partition coefficient (Wildman–Crippen LogP) is 3.19. The third kappa shape index (κ3) is 3.71. The molecule has 0 saturated carbocycles. The molecule has 1 rings (SSSR count). The Morgan fingerprint density at radius 1 is 1.39 bits per heavy atom. The molecule has 1 N–H and O–H groups in total. The number of carbonyl (C=O) groups excluding carboxylic acids is 2. The number of rotatable bonds is 4. The molecule has 1 amide bonds. The number of aryl methyl sites for hydroxylation is 1. The smallest absolute Gasteiger partial charge is 0.350 e. The van der Waals surface area contributed by atoms with E-state index >= 15 is 0 Å². The van der Waals surface area contributed by atoms with Crippen molar-refractivity contribution in [2.75, 3.05) is 5.32 Å². The molecule has 1 atom stereocenters. The van der Waals surface area contributed by atoms with Gasteiger partial charge in [-0.25, -0.2) is 4.79 Å². The van der Waals surface area contributed by atoms with E-state index in [0.717, 1.165) is 5.56 Å². The van der Waals surface area contributed by atoms with Crippen molar-refractivity contribution < 1.29 is 14.3 Å². The molecule has 0 aromatic carbocycles. The second-order valence-electron chi connectivity index (χ2n) is 4.18. The molecule has 100 valence electrons. The van der Waals surface area contributed by atoms with Crippen LogP contribution in [0.25, 0.3) is 0 Å². The molecule has 0 fully saturated rings. The van der Waals surface area contributed by atoms with E-state index in [1.54, 1.807) is 26.2 Å². The molecular weight excluding hydrogens is 274 g/mol. The minimum Gasteiger partial charge on any atom is -0.459 e. The first-order valence-electron chi connectivity index (χ1n) is 5.57. The maximum absolute atomic E-state index is 11.8. The normalized spacial score (nSPS) is 12.3. The van der Waals surface area contributed by atoms with Crippen LogP contribution in [0, 0.1) is 6.92 Å². The third-order valence-corrected chi connectivity index (χ3v) is 3.39. The summed E-state index contributed by atoms with van der Waals surface area (Å²) in [5, 5.41) is 3.79. The number of ether oxygens (including phenoxy) is 1. The lowest BCUT2D eigenvalue weighted by Crippen LogP contribution is -2.22. The maximum atomic E-state index is 11.8. The zero-order valence-electron chi connectivity index (χ0n) is 10.7. The molecule has 0 aliphatic rings. The van der Waals surface area contributed by atoms with E-state index in [1.807, 2.05) is 6.92 Å². The lowest BCUT2D eigenvalue weighted by atomic mass is 10.2. The number of carbonyl (C=O) groups is 2. The first-order valence-corrected chi connectivity index (χ1v) is 6.88. The molecule has 0 aliphatic heterocycles. The lowest BCUT2D eigenvalue weighted by molar-refractivity contribution is -0.115. The van der Waals surface area contributed by atoms with Crippen LogP contribution in [0.4, 0.5) is 5.69 Å². The second kappa shape index (κ2) is 6.20. The number of hydrogen-bond acceptors (Lipinski definition) is 4. The number of hydrogen-bond donors (Lipinski definition) is 1. The first-order chi connectivity index (χ1) is 8.32. The Morgan fingerprint density at radius 2 is 2.00 bits per heavy atom. The molecule has 0 radical (unpaired) electrons. The quantitative estimate of drug-likeness (QED) is 0.684. The van der Waals surface area contributed by atoms with Crippen LogP contribution in [0.2, 0.25) is 0 Å². The van der Waals surface area contributed by atoms with Crippen molar-refractivity contribution in [3.8, 4) is 0 Å². The van der Waals surface area contributed by atoms with E-state index in [9.17, 15) is 9.59 Å². The van der Waals surface area contributed by atoms with Gasteiger partial charge in [0.15, 0.2) is 0 Å². The summed E-state index contributed by atoms with van der Waals surface area (Å²) in [4.78, 5) is 23.8. The van der Waals surface area contributed by atoms with Crippen molar-refractivity contribution in [1.29, 1.82) is 0 Å². The molecule has 0 saturated heterocycles. The molecule has 6 heteroatoms. The van der Waals surface area contributed by atoms with Crippen LogP contribution < -0.4 is 5.32 Å². The minimum absolute atomic E-state index is 0.199. The Hall–Kier alpha value is -1.07. The molecule has 1 unspecified atom stereocenters. The molecule has 1 heterocycles. The van der Waals surface area contributed by atoms with E-state index in [0.29, 0.717) is 10.6 Å². The number of anilines is 1. The van der Waals surface area contributed by atoms with Crippen LogP contribution in [0.5, 0.6) is 0 Å². The predicted molar refractivity (Wildman–Crippen MR) is 73.6 cm³/mol. The largest absolute Gasteiger partial charge is 0.459 e. The summed E-state index contributed by atoms with van der Waals surface area (Å²) in [5.74, 6) is -0.766. The average molecular weight is 290 g/mol. The highest BCUT2D eigenvalue weighted by Gasteiger charge is 2.21. The number of halogens is 1. The summed E-state index contributed by atoms with van der Waals surface area (Å²) in [7, 11) is 0. The third-order valence-electron chi connectivity index (χ3n) is 2.11. The summed E-state index contributed by atoms with van der Waals surface area (Å²) >= 11 is 6.94. The number of alkyl halides is 1. The van der Waals surface area contributed by atoms with Gasteiger partial charge in [-0.3, -0.25) is 4.79 Å². The van der Waals surface area contributed by atoms with Crippen molar-refractivity contribution >= 4 is 40.5 Å². The molecule has 0 aliphatic carbocycles. The molecule has 1 aromatic rings. The topological polar surface area (TPSA) is 55.4 Å². The minimum atomic E-state index is -0.654. The summed E-state index contributed by atoms with van der Waals surface area (Å²) in [5.41, 5.74) is 1.31. The number of amides is 1. The van der Waals surface area contributed by atoms with Crippen LogP contribution >= 0.6 is 22.9 Å². The van der Waals surface area contributed by atoms with Crippen LogP contribution in [-0.2, 0) is 9.53 Å². The average Bonchev–Trinajstić information content (AvgIpc) is 2.59. The second-order valence-corrected chi connectivity index (χ2v) is 5.72. The number of thiophene rings is 1. The van der Waals surface area contributed by atoms with Crippen molar-refractivity contribution in [2.24, 2.45) is 0 Å². The van der Waals surface area contributed by atoms with Gasteiger partial charge in [0.2, 0.25) is 5.91 Å². The van der Waals surface area contributed by atoms with E-state index in [-0.39, 0.29) is 12.0 Å². The Balaban J connectivity index is 2.94. The molecule has 0 bridgehead atoms. The Labute approximate surface area is 115 Å². The monoisotopic (exact) mass is 289 g/mol. The fraction of sp³-hybridized carbons (Fsp3) is 0.500. The molecule has 18 heavy (non-hydrogen) atoms. The first kappa shape index (κ1) is 15.0. The Bertz CT molecular complexity index is 454. The lowest BCUT2D eigenvalue weighted by Gasteiger charge is -2.10. The van der Waals surface area contributed by atoms with Crippen molar-refractivity contribution in [3.05, 3.63) is 15.8 Å². The van der Waals surface area contributed by atoms with Crippen molar-refractivity contribution in [3.63, 3.8) is 0 Å². The fourth-order valence-corrected chi connectivity index (χ4v) is 2.18. The summed E-state index contributed by atoms with van der Waals surface area (Å²) in [6.45, 7) is 6.94. The molecule has 1 aromatic heterocycles. The van der Waals surface area contributed by atoms with Gasteiger partial charge in [-0.2, -0.15) is 0 Å². The SMILES string of the molecule is Cc1csc(C(=O)OC(C)C)c1NC(=O)C(C)Cl. The Kier molecular flexibility index (Phi) is 5.16. The van der Waals surface area contributed by atoms with E-state index in [2.05, 4.69) is 5.32 Å². The van der Waals surface area contributed by atoms with Gasteiger partial charge < -0.3 is 10.1 Å². The van der Waals surface area contributed by atoms with Crippen LogP contribution in [0.1, 0.15) is 36.0 Å². The van der Waals surface area contributed by atoms with Gasteiger partial charge in [0.25, 0.3) is 0 Å². The maximum Gasteiger partial charge on any atom is 0.350 e. The highest BCUT2D eigenvalue weighted by molar-refractivity contribution is 7.12. The summed E-state index contributed by atoms with van der Waals surface area (Å²) < 4.78 is 5.12. The van der Waals surface area contributed by atoms with Gasteiger partial charge in [-0.1, -0.05) is 0 Å². The highest BCUT2D eigenvalue weighted by atomic mass is 35.5. The van der Waals surface area contributed by atoms with Crippen molar-refractivity contribution in [1.82, 2.24) is 0 Å². The Morgan fingerprint density at radius 3 is 2.50 bits per heavy atom. The summed E-state index contributed by atoms with van der Waals surface area (Å²) in [6.07, 6.45) is -0.199. The fourth-order valence-electron chi connectivity index (χ4n) is 1.24. The number of nitrogens with one attached hydrogen (secondary N) is 1. The molecule has 0 spiro atoms.